The van der Waals surface area contributed by atoms with Crippen LogP contribution in [-0.2, 0) is 10.3 Å². The first kappa shape index (κ1) is 12.9. The molecule has 2 rings (SSSR count). The molecule has 8 heteroatoms. The highest BCUT2D eigenvalue weighted by Gasteiger charge is 2.46. The van der Waals surface area contributed by atoms with Crippen molar-refractivity contribution < 1.29 is 28.3 Å². The summed E-state index contributed by atoms with van der Waals surface area (Å²) >= 11 is 0. The van der Waals surface area contributed by atoms with Crippen molar-refractivity contribution in [1.82, 2.24) is 10.6 Å². The van der Waals surface area contributed by atoms with E-state index in [9.17, 15) is 23.2 Å². The largest absolute Gasteiger partial charge is 0.478 e. The number of carbonyl (C=O) groups is 3. The van der Waals surface area contributed by atoms with E-state index in [-0.39, 0.29) is 0 Å². The van der Waals surface area contributed by atoms with Crippen LogP contribution >= 0.6 is 0 Å². The third-order valence-corrected chi connectivity index (χ3v) is 2.90. The number of carboxylic acids is 1. The van der Waals surface area contributed by atoms with Crippen LogP contribution in [0.15, 0.2) is 12.1 Å². The lowest BCUT2D eigenvalue weighted by molar-refractivity contribution is -0.123. The zero-order chi connectivity index (χ0) is 14.4. The van der Waals surface area contributed by atoms with E-state index >= 15 is 0 Å². The zero-order valence-corrected chi connectivity index (χ0v) is 9.58. The Bertz CT molecular complexity index is 617. The number of rotatable bonds is 2. The third-order valence-electron chi connectivity index (χ3n) is 2.90. The monoisotopic (exact) mass is 270 g/mol. The minimum Gasteiger partial charge on any atom is -0.478 e. The summed E-state index contributed by atoms with van der Waals surface area (Å²) < 4.78 is 27.4. The van der Waals surface area contributed by atoms with Gasteiger partial charge in [0, 0.05) is 5.56 Å². The molecule has 0 bridgehead atoms. The van der Waals surface area contributed by atoms with Gasteiger partial charge in [0.25, 0.3) is 5.91 Å². The van der Waals surface area contributed by atoms with Crippen molar-refractivity contribution in [3.63, 3.8) is 0 Å². The van der Waals surface area contributed by atoms with Gasteiger partial charge in [-0.15, -0.1) is 0 Å². The number of aromatic carboxylic acids is 1. The van der Waals surface area contributed by atoms with Crippen molar-refractivity contribution in [3.05, 3.63) is 34.9 Å². The molecule has 1 saturated heterocycles. The molecule has 0 aromatic heterocycles. The van der Waals surface area contributed by atoms with Gasteiger partial charge in [-0.3, -0.25) is 10.1 Å². The molecule has 1 aromatic rings. The minimum absolute atomic E-state index is 0.446. The second-order valence-electron chi connectivity index (χ2n) is 4.13. The maximum atomic E-state index is 13.9. The predicted molar refractivity (Wildman–Crippen MR) is 57.3 cm³/mol. The van der Waals surface area contributed by atoms with Crippen LogP contribution in [0.1, 0.15) is 22.8 Å². The second kappa shape index (κ2) is 4.01. The highest BCUT2D eigenvalue weighted by atomic mass is 19.2. The van der Waals surface area contributed by atoms with E-state index in [0.29, 0.717) is 0 Å². The number of carbonyl (C=O) groups excluding carboxylic acids is 2. The van der Waals surface area contributed by atoms with Gasteiger partial charge in [-0.1, -0.05) is 6.07 Å². The number of urea groups is 1. The molecule has 3 amide bonds. The number of imide groups is 1. The summed E-state index contributed by atoms with van der Waals surface area (Å²) in [5.74, 6) is -5.55. The van der Waals surface area contributed by atoms with E-state index < -0.39 is 46.2 Å². The number of benzene rings is 1. The van der Waals surface area contributed by atoms with Gasteiger partial charge in [0.15, 0.2) is 11.6 Å². The van der Waals surface area contributed by atoms with Crippen molar-refractivity contribution in [2.75, 3.05) is 0 Å². The highest BCUT2D eigenvalue weighted by Crippen LogP contribution is 2.29. The molecule has 0 spiro atoms. The lowest BCUT2D eigenvalue weighted by Gasteiger charge is -2.22. The van der Waals surface area contributed by atoms with E-state index in [1.54, 1.807) is 0 Å². The van der Waals surface area contributed by atoms with Crippen LogP contribution < -0.4 is 10.6 Å². The maximum absolute atomic E-state index is 13.9. The first-order valence-electron chi connectivity index (χ1n) is 5.12. The quantitative estimate of drug-likeness (QED) is 0.690. The number of hydrogen-bond donors (Lipinski definition) is 3. The van der Waals surface area contributed by atoms with Crippen LogP contribution in [0.5, 0.6) is 0 Å². The molecular formula is C11H8F2N2O4. The zero-order valence-electron chi connectivity index (χ0n) is 9.58. The van der Waals surface area contributed by atoms with E-state index in [1.807, 2.05) is 5.32 Å². The van der Waals surface area contributed by atoms with E-state index in [0.717, 1.165) is 12.1 Å². The molecule has 1 aliphatic heterocycles. The Balaban J connectivity index is 2.59. The molecule has 3 N–H and O–H groups in total. The first-order chi connectivity index (χ1) is 8.77. The van der Waals surface area contributed by atoms with Gasteiger partial charge in [0.2, 0.25) is 0 Å². The molecule has 1 fully saturated rings. The summed E-state index contributed by atoms with van der Waals surface area (Å²) in [5, 5.41) is 12.7. The van der Waals surface area contributed by atoms with Crippen LogP contribution in [0.25, 0.3) is 0 Å². The Labute approximate surface area is 105 Å². The summed E-state index contributed by atoms with van der Waals surface area (Å²) in [6.45, 7) is 1.19. The molecule has 1 aliphatic rings. The minimum atomic E-state index is -1.78. The lowest BCUT2D eigenvalue weighted by atomic mass is 9.90. The molecular weight excluding hydrogens is 262 g/mol. The Morgan fingerprint density at radius 3 is 2.37 bits per heavy atom. The standard InChI is InChI=1S/C11H8F2N2O4/c1-11(9(18)14-10(19)15-11)5-3-2-4(8(16)17)6(12)7(5)13/h2-3H,1H3,(H,16,17)(H2,14,15,18,19). The van der Waals surface area contributed by atoms with E-state index in [4.69, 9.17) is 5.11 Å². The van der Waals surface area contributed by atoms with Gasteiger partial charge in [-0.05, 0) is 13.0 Å². The summed E-state index contributed by atoms with van der Waals surface area (Å²) in [4.78, 5) is 33.3. The van der Waals surface area contributed by atoms with Gasteiger partial charge in [-0.2, -0.15) is 0 Å². The Kier molecular flexibility index (Phi) is 2.73. The molecule has 1 unspecified atom stereocenters. The van der Waals surface area contributed by atoms with Gasteiger partial charge >= 0.3 is 12.0 Å². The fourth-order valence-electron chi connectivity index (χ4n) is 1.83. The van der Waals surface area contributed by atoms with Crippen LogP contribution in [0.2, 0.25) is 0 Å². The Hall–Kier alpha value is -2.51. The van der Waals surface area contributed by atoms with Crippen molar-refractivity contribution in [2.45, 2.75) is 12.5 Å². The number of amides is 3. The number of halogens is 2. The summed E-state index contributed by atoms with van der Waals surface area (Å²) in [6, 6.07) is 0.946. The summed E-state index contributed by atoms with van der Waals surface area (Å²) in [6.07, 6.45) is 0. The van der Waals surface area contributed by atoms with Gasteiger partial charge < -0.3 is 10.4 Å². The van der Waals surface area contributed by atoms with E-state index in [2.05, 4.69) is 5.32 Å². The average Bonchev–Trinajstić information content (AvgIpc) is 2.56. The average molecular weight is 270 g/mol. The SMILES string of the molecule is CC1(c2ccc(C(=O)O)c(F)c2F)NC(=O)NC1=O. The third kappa shape index (κ3) is 1.81. The van der Waals surface area contributed by atoms with Crippen molar-refractivity contribution in [1.29, 1.82) is 0 Å². The molecule has 1 heterocycles. The predicted octanol–water partition coefficient (Wildman–Crippen LogP) is 0.718. The van der Waals surface area contributed by atoms with Crippen LogP contribution in [0.3, 0.4) is 0 Å². The van der Waals surface area contributed by atoms with Crippen molar-refractivity contribution >= 4 is 17.9 Å². The fraction of sp³-hybridized carbons (Fsp3) is 0.182. The molecule has 0 radical (unpaired) electrons. The highest BCUT2D eigenvalue weighted by molar-refractivity contribution is 6.07. The van der Waals surface area contributed by atoms with Gasteiger partial charge in [0.05, 0.1) is 5.56 Å². The molecule has 0 saturated carbocycles. The summed E-state index contributed by atoms with van der Waals surface area (Å²) in [7, 11) is 0. The summed E-state index contributed by atoms with van der Waals surface area (Å²) in [5.41, 5.74) is -3.08. The number of carboxylic acid groups (broad SMARTS) is 1. The van der Waals surface area contributed by atoms with Crippen LogP contribution in [-0.4, -0.2) is 23.0 Å². The Morgan fingerprint density at radius 1 is 1.26 bits per heavy atom. The van der Waals surface area contributed by atoms with Gasteiger partial charge in [-0.25, -0.2) is 18.4 Å². The molecule has 19 heavy (non-hydrogen) atoms. The molecule has 100 valence electrons. The molecule has 0 aliphatic carbocycles. The normalized spacial score (nSPS) is 22.1. The lowest BCUT2D eigenvalue weighted by Crippen LogP contribution is -2.41. The topological polar surface area (TPSA) is 95.5 Å². The molecule has 1 aromatic carbocycles. The molecule has 6 nitrogen and oxygen atoms in total. The Morgan fingerprint density at radius 2 is 1.89 bits per heavy atom. The molecule has 1 atom stereocenters. The van der Waals surface area contributed by atoms with Crippen LogP contribution in [0, 0.1) is 11.6 Å². The maximum Gasteiger partial charge on any atom is 0.338 e. The first-order valence-corrected chi connectivity index (χ1v) is 5.12. The number of nitrogens with one attached hydrogen (secondary N) is 2. The smallest absolute Gasteiger partial charge is 0.338 e. The fourth-order valence-corrected chi connectivity index (χ4v) is 1.83. The van der Waals surface area contributed by atoms with Gasteiger partial charge in [0.1, 0.15) is 5.54 Å². The number of hydrogen-bond acceptors (Lipinski definition) is 3. The van der Waals surface area contributed by atoms with E-state index in [1.165, 1.54) is 6.92 Å². The van der Waals surface area contributed by atoms with Crippen molar-refractivity contribution in [2.24, 2.45) is 0 Å². The second-order valence-corrected chi connectivity index (χ2v) is 4.13. The van der Waals surface area contributed by atoms with Crippen LogP contribution in [0.4, 0.5) is 13.6 Å². The van der Waals surface area contributed by atoms with Crippen molar-refractivity contribution in [3.8, 4) is 0 Å².